The molecular weight excluding hydrogens is 100 g/mol. The van der Waals surface area contributed by atoms with Crippen molar-refractivity contribution in [1.29, 1.82) is 0 Å². The molecule has 2 N–H and O–H groups in total. The largest absolute Gasteiger partial charge is 0.315 e. The lowest BCUT2D eigenvalue weighted by molar-refractivity contribution is 0.642. The summed E-state index contributed by atoms with van der Waals surface area (Å²) in [4.78, 5) is 0. The van der Waals surface area contributed by atoms with Gasteiger partial charge in [0.25, 0.3) is 0 Å². The lowest BCUT2D eigenvalue weighted by Gasteiger charge is -1.97. The molecule has 0 fully saturated rings. The van der Waals surface area contributed by atoms with Crippen LogP contribution < -0.4 is 11.1 Å². The van der Waals surface area contributed by atoms with Crippen molar-refractivity contribution >= 4 is 0 Å². The molecular formula is C6H15N2. The molecule has 49 valence electrons. The quantitative estimate of drug-likeness (QED) is 0.525. The zero-order valence-corrected chi connectivity index (χ0v) is 5.54. The fraction of sp³-hybridized carbons (Fsp3) is 1.00. The fourth-order valence-electron chi connectivity index (χ4n) is 0.515. The van der Waals surface area contributed by atoms with Crippen LogP contribution in [0.25, 0.3) is 0 Å². The van der Waals surface area contributed by atoms with Gasteiger partial charge in [-0.2, -0.15) is 0 Å². The van der Waals surface area contributed by atoms with Gasteiger partial charge in [-0.3, -0.25) is 5.73 Å². The van der Waals surface area contributed by atoms with E-state index in [-0.39, 0.29) is 0 Å². The molecule has 0 unspecified atom stereocenters. The van der Waals surface area contributed by atoms with Crippen molar-refractivity contribution in [2.24, 2.45) is 0 Å². The van der Waals surface area contributed by atoms with Gasteiger partial charge in [-0.15, -0.1) is 0 Å². The Balaban J connectivity index is 2.53. The molecule has 0 aliphatic carbocycles. The van der Waals surface area contributed by atoms with E-state index in [0.717, 1.165) is 13.1 Å². The molecule has 0 aromatic rings. The van der Waals surface area contributed by atoms with Crippen LogP contribution in [0.2, 0.25) is 0 Å². The Kier molecular flexibility index (Phi) is 6.85. The molecule has 0 aliphatic rings. The van der Waals surface area contributed by atoms with Crippen molar-refractivity contribution in [1.82, 2.24) is 11.1 Å². The molecule has 0 aromatic carbocycles. The van der Waals surface area contributed by atoms with E-state index in [0.29, 0.717) is 6.54 Å². The fourth-order valence-corrected chi connectivity index (χ4v) is 0.515. The van der Waals surface area contributed by atoms with Crippen LogP contribution in [0.5, 0.6) is 0 Å². The van der Waals surface area contributed by atoms with Gasteiger partial charge in [0, 0.05) is 13.1 Å². The third-order valence-electron chi connectivity index (χ3n) is 1.01. The second-order valence-corrected chi connectivity index (χ2v) is 1.85. The zero-order chi connectivity index (χ0) is 6.24. The highest BCUT2D eigenvalue weighted by molar-refractivity contribution is 4.44. The van der Waals surface area contributed by atoms with Crippen LogP contribution in [0.15, 0.2) is 0 Å². The minimum absolute atomic E-state index is 0.504. The Morgan fingerprint density at radius 2 is 2.12 bits per heavy atom. The summed E-state index contributed by atoms with van der Waals surface area (Å²) in [7, 11) is 0. The minimum Gasteiger partial charge on any atom is -0.315 e. The smallest absolute Gasteiger partial charge is 0.0225 e. The van der Waals surface area contributed by atoms with Gasteiger partial charge in [0.2, 0.25) is 0 Å². The summed E-state index contributed by atoms with van der Waals surface area (Å²) in [6.07, 6.45) is 2.48. The minimum atomic E-state index is 0.504. The van der Waals surface area contributed by atoms with Crippen LogP contribution in [0, 0.1) is 0 Å². The maximum atomic E-state index is 6.78. The Morgan fingerprint density at radius 1 is 1.38 bits per heavy atom. The first-order valence-electron chi connectivity index (χ1n) is 3.27. The summed E-state index contributed by atoms with van der Waals surface area (Å²) < 4.78 is 0. The first-order valence-corrected chi connectivity index (χ1v) is 3.27. The van der Waals surface area contributed by atoms with Gasteiger partial charge in [-0.25, -0.2) is 0 Å². The third-order valence-corrected chi connectivity index (χ3v) is 1.01. The first-order chi connectivity index (χ1) is 3.91. The molecule has 0 saturated carbocycles. The molecule has 2 nitrogen and oxygen atoms in total. The number of rotatable bonds is 5. The molecule has 0 bridgehead atoms. The van der Waals surface area contributed by atoms with Crippen molar-refractivity contribution in [2.45, 2.75) is 19.8 Å². The second-order valence-electron chi connectivity index (χ2n) is 1.85. The van der Waals surface area contributed by atoms with E-state index in [1.165, 1.54) is 12.8 Å². The van der Waals surface area contributed by atoms with Gasteiger partial charge in [0.1, 0.15) is 0 Å². The molecule has 0 saturated heterocycles. The lowest BCUT2D eigenvalue weighted by Crippen LogP contribution is -2.19. The Morgan fingerprint density at radius 3 is 2.62 bits per heavy atom. The van der Waals surface area contributed by atoms with Crippen molar-refractivity contribution in [3.63, 3.8) is 0 Å². The van der Waals surface area contributed by atoms with Crippen molar-refractivity contribution in [3.8, 4) is 0 Å². The predicted molar refractivity (Wildman–Crippen MR) is 35.7 cm³/mol. The standard InChI is InChI=1S/C6H15N2/c1-2-3-5-8-6-4-7/h7-8H,2-6H2,1H3. The zero-order valence-electron chi connectivity index (χ0n) is 5.54. The SMILES string of the molecule is CCCCNCC[NH]. The van der Waals surface area contributed by atoms with E-state index in [9.17, 15) is 0 Å². The first kappa shape index (κ1) is 7.92. The van der Waals surface area contributed by atoms with Gasteiger partial charge in [0.05, 0.1) is 0 Å². The summed E-state index contributed by atoms with van der Waals surface area (Å²) in [6.45, 7) is 4.60. The van der Waals surface area contributed by atoms with Crippen molar-refractivity contribution in [2.75, 3.05) is 19.6 Å². The lowest BCUT2D eigenvalue weighted by atomic mass is 10.3. The topological polar surface area (TPSA) is 35.8 Å². The molecule has 0 amide bonds. The van der Waals surface area contributed by atoms with Gasteiger partial charge in [-0.1, -0.05) is 13.3 Å². The average molecular weight is 115 g/mol. The monoisotopic (exact) mass is 115 g/mol. The molecule has 0 aromatic heterocycles. The highest BCUT2D eigenvalue weighted by atomic mass is 14.9. The van der Waals surface area contributed by atoms with Crippen molar-refractivity contribution in [3.05, 3.63) is 0 Å². The molecule has 0 spiro atoms. The molecule has 1 radical (unpaired) electrons. The number of hydrogen-bond acceptors (Lipinski definition) is 1. The maximum Gasteiger partial charge on any atom is 0.0225 e. The molecule has 0 heterocycles. The van der Waals surface area contributed by atoms with Crippen LogP contribution >= 0.6 is 0 Å². The van der Waals surface area contributed by atoms with Gasteiger partial charge in [0.15, 0.2) is 0 Å². The van der Waals surface area contributed by atoms with Crippen LogP contribution in [0.4, 0.5) is 0 Å². The molecule has 0 aliphatic heterocycles. The van der Waals surface area contributed by atoms with Gasteiger partial charge < -0.3 is 5.32 Å². The number of hydrogen-bond donors (Lipinski definition) is 1. The maximum absolute atomic E-state index is 6.78. The van der Waals surface area contributed by atoms with Crippen LogP contribution in [0.3, 0.4) is 0 Å². The highest BCUT2D eigenvalue weighted by Gasteiger charge is 1.80. The Hall–Kier alpha value is -0.0800. The highest BCUT2D eigenvalue weighted by Crippen LogP contribution is 1.80. The summed E-state index contributed by atoms with van der Waals surface area (Å²) in [5.41, 5.74) is 6.78. The normalized spacial score (nSPS) is 9.75. The van der Waals surface area contributed by atoms with E-state index in [2.05, 4.69) is 12.2 Å². The van der Waals surface area contributed by atoms with Crippen LogP contribution in [-0.2, 0) is 0 Å². The predicted octanol–water partition coefficient (Wildman–Crippen LogP) is 0.659. The molecule has 8 heavy (non-hydrogen) atoms. The van der Waals surface area contributed by atoms with E-state index >= 15 is 0 Å². The summed E-state index contributed by atoms with van der Waals surface area (Å²) >= 11 is 0. The average Bonchev–Trinajstić information content (AvgIpc) is 1.81. The van der Waals surface area contributed by atoms with Gasteiger partial charge >= 0.3 is 0 Å². The molecule has 0 atom stereocenters. The number of nitrogens with one attached hydrogen (secondary N) is 2. The summed E-state index contributed by atoms with van der Waals surface area (Å²) in [5, 5.41) is 3.15. The summed E-state index contributed by atoms with van der Waals surface area (Å²) in [6, 6.07) is 0. The third kappa shape index (κ3) is 5.92. The van der Waals surface area contributed by atoms with E-state index < -0.39 is 0 Å². The second kappa shape index (κ2) is 6.92. The van der Waals surface area contributed by atoms with Crippen LogP contribution in [-0.4, -0.2) is 19.6 Å². The van der Waals surface area contributed by atoms with Gasteiger partial charge in [-0.05, 0) is 13.0 Å². The molecule has 2 heteroatoms. The van der Waals surface area contributed by atoms with Crippen LogP contribution in [0.1, 0.15) is 19.8 Å². The van der Waals surface area contributed by atoms with Crippen molar-refractivity contribution < 1.29 is 0 Å². The number of unbranched alkanes of at least 4 members (excludes halogenated alkanes) is 1. The Bertz CT molecular complexity index is 31.5. The van der Waals surface area contributed by atoms with E-state index in [4.69, 9.17) is 5.73 Å². The Labute approximate surface area is 51.5 Å². The molecule has 0 rings (SSSR count). The summed E-state index contributed by atoms with van der Waals surface area (Å²) in [5.74, 6) is 0. The van der Waals surface area contributed by atoms with E-state index in [1.807, 2.05) is 0 Å². The van der Waals surface area contributed by atoms with E-state index in [1.54, 1.807) is 0 Å².